The maximum Gasteiger partial charge on any atom is 0.186 e. The predicted molar refractivity (Wildman–Crippen MR) is 68.2 cm³/mol. The van der Waals surface area contributed by atoms with Crippen LogP contribution in [-0.4, -0.2) is 16.6 Å². The quantitative estimate of drug-likeness (QED) is 0.889. The van der Waals surface area contributed by atoms with Gasteiger partial charge in [-0.1, -0.05) is 0 Å². The molecule has 0 aliphatic rings. The smallest absolute Gasteiger partial charge is 0.186 e. The van der Waals surface area contributed by atoms with Crippen molar-refractivity contribution in [3.8, 4) is 0 Å². The van der Waals surface area contributed by atoms with E-state index in [1.165, 1.54) is 0 Å². The number of rotatable bonds is 5. The van der Waals surface area contributed by atoms with Crippen molar-refractivity contribution in [2.75, 3.05) is 11.4 Å². The molecule has 2 rings (SSSR count). The van der Waals surface area contributed by atoms with E-state index in [4.69, 9.17) is 4.42 Å². The Labute approximate surface area is 105 Å². The number of nitrogens with zero attached hydrogens (tertiary/aromatic N) is 2. The summed E-state index contributed by atoms with van der Waals surface area (Å²) in [4.78, 5) is 6.53. The topological polar surface area (TPSA) is 49.5 Å². The minimum Gasteiger partial charge on any atom is -0.467 e. The molecule has 0 fully saturated rings. The molecule has 0 spiro atoms. The van der Waals surface area contributed by atoms with Crippen LogP contribution in [0.5, 0.6) is 0 Å². The largest absolute Gasteiger partial charge is 0.467 e. The summed E-state index contributed by atoms with van der Waals surface area (Å²) in [5, 5.41) is 12.3. The van der Waals surface area contributed by atoms with E-state index in [2.05, 4.69) is 16.8 Å². The molecule has 5 heteroatoms. The van der Waals surface area contributed by atoms with E-state index < -0.39 is 6.10 Å². The van der Waals surface area contributed by atoms with Crippen molar-refractivity contribution in [2.24, 2.45) is 0 Å². The fraction of sp³-hybridized carbons (Fsp3) is 0.417. The second-order valence-electron chi connectivity index (χ2n) is 3.82. The van der Waals surface area contributed by atoms with E-state index in [9.17, 15) is 5.11 Å². The first-order valence-corrected chi connectivity index (χ1v) is 6.49. The first-order valence-electron chi connectivity index (χ1n) is 5.61. The summed E-state index contributed by atoms with van der Waals surface area (Å²) in [6.07, 6.45) is 1.16. The van der Waals surface area contributed by atoms with Gasteiger partial charge in [0, 0.05) is 11.9 Å². The molecular formula is C12H16N2O2S. The highest BCUT2D eigenvalue weighted by Gasteiger charge is 2.13. The van der Waals surface area contributed by atoms with Gasteiger partial charge in [-0.3, -0.25) is 0 Å². The molecule has 0 saturated carbocycles. The normalized spacial score (nSPS) is 12.6. The summed E-state index contributed by atoms with van der Waals surface area (Å²) < 4.78 is 5.33. The van der Waals surface area contributed by atoms with E-state index in [0.717, 1.165) is 23.1 Å². The van der Waals surface area contributed by atoms with E-state index in [1.54, 1.807) is 24.5 Å². The van der Waals surface area contributed by atoms with E-state index >= 15 is 0 Å². The van der Waals surface area contributed by atoms with Crippen molar-refractivity contribution < 1.29 is 9.52 Å². The number of hydrogen-bond acceptors (Lipinski definition) is 5. The van der Waals surface area contributed by atoms with E-state index in [1.807, 2.05) is 17.5 Å². The van der Waals surface area contributed by atoms with Crippen molar-refractivity contribution in [3.63, 3.8) is 0 Å². The third-order valence-corrected chi connectivity index (χ3v) is 3.44. The standard InChI is InChI=1S/C12H16N2O2S/c1-3-14(7-10-5-4-6-16-10)12-13-11(8-17-12)9(2)15/h4-6,8-9,15H,3,7H2,1-2H3. The summed E-state index contributed by atoms with van der Waals surface area (Å²) in [7, 11) is 0. The predicted octanol–water partition coefficient (Wildman–Crippen LogP) is 2.82. The van der Waals surface area contributed by atoms with Gasteiger partial charge in [0.1, 0.15) is 5.76 Å². The van der Waals surface area contributed by atoms with Gasteiger partial charge in [0.15, 0.2) is 5.13 Å². The maximum absolute atomic E-state index is 9.46. The molecule has 0 aliphatic carbocycles. The van der Waals surface area contributed by atoms with Crippen LogP contribution in [0.1, 0.15) is 31.4 Å². The summed E-state index contributed by atoms with van der Waals surface area (Å²) in [6.45, 7) is 5.36. The molecule has 92 valence electrons. The summed E-state index contributed by atoms with van der Waals surface area (Å²) >= 11 is 1.55. The molecule has 2 heterocycles. The SMILES string of the molecule is CCN(Cc1ccco1)c1nc(C(C)O)cs1. The minimum absolute atomic E-state index is 0.512. The molecule has 1 N–H and O–H groups in total. The molecule has 2 aromatic rings. The second kappa shape index (κ2) is 5.33. The number of aliphatic hydroxyl groups excluding tert-OH is 1. The highest BCUT2D eigenvalue weighted by Crippen LogP contribution is 2.25. The number of aromatic nitrogens is 1. The van der Waals surface area contributed by atoms with Crippen LogP contribution in [0.25, 0.3) is 0 Å². The summed E-state index contributed by atoms with van der Waals surface area (Å²) in [5.74, 6) is 0.917. The van der Waals surface area contributed by atoms with Gasteiger partial charge in [-0.15, -0.1) is 11.3 Å². The Kier molecular flexibility index (Phi) is 3.81. The van der Waals surface area contributed by atoms with Crippen molar-refractivity contribution in [3.05, 3.63) is 35.2 Å². The average Bonchev–Trinajstić information content (AvgIpc) is 2.96. The van der Waals surface area contributed by atoms with E-state index in [0.29, 0.717) is 6.54 Å². The molecule has 1 atom stereocenters. The zero-order chi connectivity index (χ0) is 12.3. The molecule has 0 aliphatic heterocycles. The average molecular weight is 252 g/mol. The van der Waals surface area contributed by atoms with Gasteiger partial charge in [-0.25, -0.2) is 4.98 Å². The van der Waals surface area contributed by atoms with Gasteiger partial charge in [0.2, 0.25) is 0 Å². The fourth-order valence-electron chi connectivity index (χ4n) is 1.52. The lowest BCUT2D eigenvalue weighted by Crippen LogP contribution is -2.21. The molecule has 2 aromatic heterocycles. The lowest BCUT2D eigenvalue weighted by atomic mass is 10.3. The van der Waals surface area contributed by atoms with Crippen LogP contribution >= 0.6 is 11.3 Å². The molecule has 4 nitrogen and oxygen atoms in total. The Hall–Kier alpha value is -1.33. The van der Waals surface area contributed by atoms with Crippen LogP contribution in [-0.2, 0) is 6.54 Å². The lowest BCUT2D eigenvalue weighted by Gasteiger charge is -2.18. The van der Waals surface area contributed by atoms with Gasteiger partial charge in [-0.2, -0.15) is 0 Å². The minimum atomic E-state index is -0.512. The Balaban J connectivity index is 2.11. The fourth-order valence-corrected chi connectivity index (χ4v) is 2.50. The zero-order valence-electron chi connectivity index (χ0n) is 9.96. The van der Waals surface area contributed by atoms with Crippen molar-refractivity contribution >= 4 is 16.5 Å². The molecule has 1 unspecified atom stereocenters. The van der Waals surface area contributed by atoms with Crippen LogP contribution in [0.15, 0.2) is 28.2 Å². The highest BCUT2D eigenvalue weighted by molar-refractivity contribution is 7.13. The number of anilines is 1. The molecule has 0 amide bonds. The second-order valence-corrected chi connectivity index (χ2v) is 4.66. The van der Waals surface area contributed by atoms with Crippen LogP contribution in [0.4, 0.5) is 5.13 Å². The van der Waals surface area contributed by atoms with Gasteiger partial charge < -0.3 is 14.4 Å². The highest BCUT2D eigenvalue weighted by atomic mass is 32.1. The number of thiazole rings is 1. The monoisotopic (exact) mass is 252 g/mol. The lowest BCUT2D eigenvalue weighted by molar-refractivity contribution is 0.195. The molecule has 0 radical (unpaired) electrons. The van der Waals surface area contributed by atoms with Gasteiger partial charge in [-0.05, 0) is 26.0 Å². The van der Waals surface area contributed by atoms with Crippen LogP contribution < -0.4 is 4.90 Å². The van der Waals surface area contributed by atoms with E-state index in [-0.39, 0.29) is 0 Å². The van der Waals surface area contributed by atoms with Gasteiger partial charge in [0.05, 0.1) is 24.6 Å². The van der Waals surface area contributed by atoms with Crippen molar-refractivity contribution in [1.82, 2.24) is 4.98 Å². The van der Waals surface area contributed by atoms with Crippen LogP contribution in [0.2, 0.25) is 0 Å². The van der Waals surface area contributed by atoms with Crippen molar-refractivity contribution in [1.29, 1.82) is 0 Å². The Bertz CT molecular complexity index is 451. The number of furan rings is 1. The zero-order valence-corrected chi connectivity index (χ0v) is 10.8. The van der Waals surface area contributed by atoms with Crippen LogP contribution in [0.3, 0.4) is 0 Å². The summed E-state index contributed by atoms with van der Waals surface area (Å²) in [5.41, 5.74) is 0.725. The molecule has 17 heavy (non-hydrogen) atoms. The molecular weight excluding hydrogens is 236 g/mol. The van der Waals surface area contributed by atoms with Crippen LogP contribution in [0, 0.1) is 0 Å². The molecule has 0 saturated heterocycles. The number of hydrogen-bond donors (Lipinski definition) is 1. The molecule has 0 aromatic carbocycles. The first-order chi connectivity index (χ1) is 8.20. The number of aliphatic hydroxyl groups is 1. The third kappa shape index (κ3) is 2.87. The molecule has 0 bridgehead atoms. The van der Waals surface area contributed by atoms with Gasteiger partial charge >= 0.3 is 0 Å². The summed E-state index contributed by atoms with van der Waals surface area (Å²) in [6, 6.07) is 3.83. The third-order valence-electron chi connectivity index (χ3n) is 2.52. The first kappa shape index (κ1) is 12.1. The van der Waals surface area contributed by atoms with Crippen molar-refractivity contribution in [2.45, 2.75) is 26.5 Å². The Morgan fingerprint density at radius 2 is 2.41 bits per heavy atom. The Morgan fingerprint density at radius 1 is 1.59 bits per heavy atom. The van der Waals surface area contributed by atoms with Gasteiger partial charge in [0.25, 0.3) is 0 Å². The maximum atomic E-state index is 9.46. The Morgan fingerprint density at radius 3 is 2.94 bits per heavy atom.